The van der Waals surface area contributed by atoms with Gasteiger partial charge in [0, 0.05) is 6.20 Å². The summed E-state index contributed by atoms with van der Waals surface area (Å²) in [6.07, 6.45) is 3.00. The van der Waals surface area contributed by atoms with Crippen LogP contribution in [0.4, 0.5) is 11.7 Å². The number of hydrogen-bond donors (Lipinski definition) is 1. The van der Waals surface area contributed by atoms with Crippen molar-refractivity contribution in [3.63, 3.8) is 0 Å². The van der Waals surface area contributed by atoms with E-state index in [1.54, 1.807) is 24.3 Å². The van der Waals surface area contributed by atoms with Gasteiger partial charge in [0.2, 0.25) is 0 Å². The first-order valence-electron chi connectivity index (χ1n) is 5.83. The van der Waals surface area contributed by atoms with E-state index in [9.17, 15) is 0 Å². The van der Waals surface area contributed by atoms with Crippen molar-refractivity contribution in [2.75, 3.05) is 5.32 Å². The third-order valence-corrected chi connectivity index (χ3v) is 2.72. The van der Waals surface area contributed by atoms with Gasteiger partial charge in [-0.25, -0.2) is 9.97 Å². The molecule has 3 aromatic heterocycles. The summed E-state index contributed by atoms with van der Waals surface area (Å²) in [5.41, 5.74) is 1.49. The quantitative estimate of drug-likeness (QED) is 0.793. The Morgan fingerprint density at radius 3 is 2.67 bits per heavy atom. The molecule has 3 rings (SSSR count). The van der Waals surface area contributed by atoms with Gasteiger partial charge in [-0.15, -0.1) is 5.10 Å². The van der Waals surface area contributed by atoms with Gasteiger partial charge in [-0.05, 0) is 24.3 Å². The third-order valence-electron chi connectivity index (χ3n) is 2.50. The molecule has 3 heterocycles. The lowest BCUT2D eigenvalue weighted by molar-refractivity contribution is 0.585. The maximum absolute atomic E-state index is 8.68. The lowest BCUT2D eigenvalue weighted by atomic mass is 10.3. The molecule has 0 aromatic carbocycles. The summed E-state index contributed by atoms with van der Waals surface area (Å²) >= 11 is 5.77. The number of rotatable bonds is 3. The first kappa shape index (κ1) is 13.0. The van der Waals surface area contributed by atoms with Crippen LogP contribution in [-0.2, 0) is 0 Å². The molecular formula is C13H7ClN6O. The fourth-order valence-electron chi connectivity index (χ4n) is 1.54. The Bertz CT molecular complexity index is 791. The van der Waals surface area contributed by atoms with E-state index in [0.29, 0.717) is 22.1 Å². The van der Waals surface area contributed by atoms with Crippen LogP contribution in [0, 0.1) is 11.3 Å². The van der Waals surface area contributed by atoms with E-state index in [4.69, 9.17) is 21.3 Å². The molecule has 0 atom stereocenters. The molecule has 3 aromatic rings. The molecule has 0 fully saturated rings. The first-order valence-corrected chi connectivity index (χ1v) is 6.21. The normalized spacial score (nSPS) is 10.1. The molecule has 0 radical (unpaired) electrons. The molecule has 1 N–H and O–H groups in total. The summed E-state index contributed by atoms with van der Waals surface area (Å²) < 4.78 is 5.44. The lowest BCUT2D eigenvalue weighted by Crippen LogP contribution is -1.92. The van der Waals surface area contributed by atoms with Gasteiger partial charge in [-0.2, -0.15) is 5.26 Å². The maximum Gasteiger partial charge on any atom is 0.320 e. The minimum absolute atomic E-state index is 0.202. The molecule has 0 unspecified atom stereocenters. The topological polar surface area (TPSA) is 101 Å². The average Bonchev–Trinajstić information content (AvgIpc) is 2.97. The van der Waals surface area contributed by atoms with Crippen molar-refractivity contribution < 1.29 is 4.42 Å². The van der Waals surface area contributed by atoms with Crippen molar-refractivity contribution in [1.29, 1.82) is 5.26 Å². The number of nitrogens with one attached hydrogen (secondary N) is 1. The van der Waals surface area contributed by atoms with Gasteiger partial charge >= 0.3 is 6.01 Å². The van der Waals surface area contributed by atoms with Crippen molar-refractivity contribution in [3.05, 3.63) is 47.4 Å². The van der Waals surface area contributed by atoms with E-state index < -0.39 is 0 Å². The van der Waals surface area contributed by atoms with Gasteiger partial charge in [0.1, 0.15) is 17.5 Å². The molecule has 0 aliphatic heterocycles. The summed E-state index contributed by atoms with van der Waals surface area (Å²) in [4.78, 5) is 8.01. The van der Waals surface area contributed by atoms with Gasteiger partial charge in [-0.1, -0.05) is 16.7 Å². The highest BCUT2D eigenvalue weighted by Gasteiger charge is 2.10. The van der Waals surface area contributed by atoms with Crippen LogP contribution in [0.1, 0.15) is 5.69 Å². The van der Waals surface area contributed by atoms with Gasteiger partial charge in [0.05, 0.1) is 16.9 Å². The Kier molecular flexibility index (Phi) is 3.45. The highest BCUT2D eigenvalue weighted by Crippen LogP contribution is 2.21. The second-order valence-electron chi connectivity index (χ2n) is 3.94. The summed E-state index contributed by atoms with van der Waals surface area (Å²) in [6.45, 7) is 0. The zero-order valence-electron chi connectivity index (χ0n) is 10.5. The minimum atomic E-state index is 0.202. The van der Waals surface area contributed by atoms with Crippen molar-refractivity contribution in [3.8, 4) is 17.7 Å². The minimum Gasteiger partial charge on any atom is -0.401 e. The summed E-state index contributed by atoms with van der Waals surface area (Å²) in [5.74, 6) is 0.274. The fourth-order valence-corrected chi connectivity index (χ4v) is 1.65. The molecule has 102 valence electrons. The van der Waals surface area contributed by atoms with Crippen molar-refractivity contribution in [1.82, 2.24) is 20.2 Å². The van der Waals surface area contributed by atoms with Gasteiger partial charge < -0.3 is 9.73 Å². The number of halogens is 1. The average molecular weight is 299 g/mol. The van der Waals surface area contributed by atoms with E-state index in [2.05, 4.69) is 25.5 Å². The van der Waals surface area contributed by atoms with E-state index in [-0.39, 0.29) is 11.9 Å². The highest BCUT2D eigenvalue weighted by atomic mass is 35.5. The zero-order chi connectivity index (χ0) is 14.7. The van der Waals surface area contributed by atoms with Crippen LogP contribution in [0.2, 0.25) is 5.02 Å². The smallest absolute Gasteiger partial charge is 0.320 e. The summed E-state index contributed by atoms with van der Waals surface area (Å²) in [5, 5.41) is 19.8. The van der Waals surface area contributed by atoms with Crippen LogP contribution in [-0.4, -0.2) is 20.2 Å². The van der Waals surface area contributed by atoms with Crippen LogP contribution < -0.4 is 5.32 Å². The molecule has 0 bridgehead atoms. The number of nitriles is 1. The maximum atomic E-state index is 8.68. The first-order chi connectivity index (χ1) is 10.2. The molecule has 0 saturated heterocycles. The standard InChI is InChI=1S/C13H7ClN6O/c14-8-1-4-11(17-6-8)12-19-20-13(21-12)18-10-3-2-9(5-15)16-7-10/h1-4,6-7H,(H,18,20). The van der Waals surface area contributed by atoms with E-state index in [0.717, 1.165) is 0 Å². The largest absolute Gasteiger partial charge is 0.401 e. The molecule has 0 saturated carbocycles. The van der Waals surface area contributed by atoms with Crippen LogP contribution in [0.5, 0.6) is 0 Å². The number of anilines is 2. The predicted octanol–water partition coefficient (Wildman–Crippen LogP) is 2.80. The lowest BCUT2D eigenvalue weighted by Gasteiger charge is -1.99. The third kappa shape index (κ3) is 2.96. The molecule has 0 spiro atoms. The van der Waals surface area contributed by atoms with E-state index >= 15 is 0 Å². The van der Waals surface area contributed by atoms with Gasteiger partial charge in [-0.3, -0.25) is 0 Å². The van der Waals surface area contributed by atoms with Crippen LogP contribution in [0.25, 0.3) is 11.6 Å². The van der Waals surface area contributed by atoms with Crippen molar-refractivity contribution >= 4 is 23.3 Å². The molecule has 7 nitrogen and oxygen atoms in total. The molecular weight excluding hydrogens is 292 g/mol. The Morgan fingerprint density at radius 2 is 2.00 bits per heavy atom. The number of hydrogen-bond acceptors (Lipinski definition) is 7. The second kappa shape index (κ2) is 5.56. The SMILES string of the molecule is N#Cc1ccc(Nc2nnc(-c3ccc(Cl)cn3)o2)cn1. The Morgan fingerprint density at radius 1 is 1.10 bits per heavy atom. The van der Waals surface area contributed by atoms with Crippen molar-refractivity contribution in [2.45, 2.75) is 0 Å². The van der Waals surface area contributed by atoms with E-state index in [1.165, 1.54) is 12.4 Å². The van der Waals surface area contributed by atoms with Crippen LogP contribution in [0.15, 0.2) is 41.1 Å². The predicted molar refractivity (Wildman–Crippen MR) is 74.8 cm³/mol. The fraction of sp³-hybridized carbons (Fsp3) is 0. The number of nitrogens with zero attached hydrogens (tertiary/aromatic N) is 5. The molecule has 0 aliphatic carbocycles. The molecule has 8 heteroatoms. The second-order valence-corrected chi connectivity index (χ2v) is 4.38. The van der Waals surface area contributed by atoms with Gasteiger partial charge in [0.15, 0.2) is 0 Å². The van der Waals surface area contributed by atoms with Gasteiger partial charge in [0.25, 0.3) is 5.89 Å². The van der Waals surface area contributed by atoms with E-state index in [1.807, 2.05) is 6.07 Å². The monoisotopic (exact) mass is 298 g/mol. The van der Waals surface area contributed by atoms with Crippen LogP contribution >= 0.6 is 11.6 Å². The highest BCUT2D eigenvalue weighted by molar-refractivity contribution is 6.30. The zero-order valence-corrected chi connectivity index (χ0v) is 11.2. The Labute approximate surface area is 124 Å². The van der Waals surface area contributed by atoms with Crippen LogP contribution in [0.3, 0.4) is 0 Å². The Balaban J connectivity index is 1.78. The Hall–Kier alpha value is -2.98. The summed E-state index contributed by atoms with van der Waals surface area (Å²) in [6, 6.07) is 8.78. The number of aromatic nitrogens is 4. The molecule has 21 heavy (non-hydrogen) atoms. The summed E-state index contributed by atoms with van der Waals surface area (Å²) in [7, 11) is 0. The molecule has 0 amide bonds. The molecule has 0 aliphatic rings. The number of pyridine rings is 2. The van der Waals surface area contributed by atoms with Crippen molar-refractivity contribution in [2.24, 2.45) is 0 Å².